The van der Waals surface area contributed by atoms with Crippen LogP contribution in [0.1, 0.15) is 9.88 Å². The Bertz CT molecular complexity index is 300. The zero-order chi connectivity index (χ0) is 11.3. The first-order valence-electron chi connectivity index (χ1n) is 4.25. The number of hydrogen-bond acceptors (Lipinski definition) is 4. The van der Waals surface area contributed by atoms with Crippen molar-refractivity contribution in [2.24, 2.45) is 0 Å². The van der Waals surface area contributed by atoms with Crippen LogP contribution in [0.4, 0.5) is 13.2 Å². The Morgan fingerprint density at radius 1 is 1.53 bits per heavy atom. The molecule has 0 aromatic carbocycles. The van der Waals surface area contributed by atoms with E-state index < -0.39 is 11.2 Å². The van der Waals surface area contributed by atoms with Crippen molar-refractivity contribution < 1.29 is 17.9 Å². The summed E-state index contributed by atoms with van der Waals surface area (Å²) in [4.78, 5) is 3.88. The molecule has 86 valence electrons. The van der Waals surface area contributed by atoms with E-state index in [4.69, 9.17) is 4.74 Å². The largest absolute Gasteiger partial charge is 0.443 e. The van der Waals surface area contributed by atoms with Crippen LogP contribution in [-0.2, 0) is 17.5 Å². The first-order valence-corrected chi connectivity index (χ1v) is 5.07. The number of ether oxygens (including phenoxy) is 1. The van der Waals surface area contributed by atoms with Crippen molar-refractivity contribution in [3.63, 3.8) is 0 Å². The summed E-state index contributed by atoms with van der Waals surface area (Å²) in [6.45, 7) is 1.53. The van der Waals surface area contributed by atoms with Gasteiger partial charge in [0.2, 0.25) is 0 Å². The fourth-order valence-corrected chi connectivity index (χ4v) is 1.66. The maximum Gasteiger partial charge on any atom is 0.443 e. The molecule has 1 aromatic heterocycles. The van der Waals surface area contributed by atoms with E-state index >= 15 is 0 Å². The predicted molar refractivity (Wildman–Crippen MR) is 50.7 cm³/mol. The van der Waals surface area contributed by atoms with E-state index in [1.165, 1.54) is 6.20 Å². The van der Waals surface area contributed by atoms with Gasteiger partial charge in [0.25, 0.3) is 0 Å². The summed E-state index contributed by atoms with van der Waals surface area (Å²) in [7, 11) is 1.57. The molecule has 0 bridgehead atoms. The molecule has 0 spiro atoms. The molecular weight excluding hydrogens is 229 g/mol. The molecule has 0 saturated heterocycles. The number of methoxy groups -OCH3 is 1. The minimum absolute atomic E-state index is 0.386. The summed E-state index contributed by atoms with van der Waals surface area (Å²) in [5, 5.41) is 2.15. The monoisotopic (exact) mass is 240 g/mol. The maximum absolute atomic E-state index is 12.2. The molecule has 1 aromatic rings. The fourth-order valence-electron chi connectivity index (χ4n) is 0.906. The van der Waals surface area contributed by atoms with Crippen molar-refractivity contribution >= 4 is 11.3 Å². The van der Waals surface area contributed by atoms with Gasteiger partial charge in [-0.3, -0.25) is 0 Å². The van der Waals surface area contributed by atoms with E-state index in [1.54, 1.807) is 7.11 Å². The molecule has 1 heterocycles. The van der Waals surface area contributed by atoms with Crippen molar-refractivity contribution in [3.05, 3.63) is 16.1 Å². The second kappa shape index (κ2) is 5.43. The van der Waals surface area contributed by atoms with Crippen LogP contribution in [0.2, 0.25) is 0 Å². The minimum Gasteiger partial charge on any atom is -0.383 e. The number of aromatic nitrogens is 1. The Labute approximate surface area is 89.3 Å². The second-order valence-electron chi connectivity index (χ2n) is 2.80. The Balaban J connectivity index is 2.40. The summed E-state index contributed by atoms with van der Waals surface area (Å²) < 4.78 is 41.2. The molecule has 1 rings (SSSR count). The molecule has 0 fully saturated rings. The standard InChI is InChI=1S/C8H11F3N2OS/c1-14-3-2-12-4-6-5-13-7(15-6)8(9,10)11/h5,12H,2-4H2,1H3. The van der Waals surface area contributed by atoms with Gasteiger partial charge in [-0.05, 0) is 0 Å². The van der Waals surface area contributed by atoms with Crippen molar-refractivity contribution in [3.8, 4) is 0 Å². The van der Waals surface area contributed by atoms with E-state index in [9.17, 15) is 13.2 Å². The first-order chi connectivity index (χ1) is 7.04. The fraction of sp³-hybridized carbons (Fsp3) is 0.625. The minimum atomic E-state index is -4.34. The molecule has 0 unspecified atom stereocenters. The molecule has 0 atom stereocenters. The van der Waals surface area contributed by atoms with E-state index in [0.717, 1.165) is 0 Å². The summed E-state index contributed by atoms with van der Waals surface area (Å²) in [5.41, 5.74) is 0. The molecule has 15 heavy (non-hydrogen) atoms. The van der Waals surface area contributed by atoms with Crippen LogP contribution in [-0.4, -0.2) is 25.2 Å². The predicted octanol–water partition coefficient (Wildman–Crippen LogP) is 1.90. The molecule has 0 aliphatic heterocycles. The third-order valence-electron chi connectivity index (χ3n) is 1.58. The lowest BCUT2D eigenvalue weighted by molar-refractivity contribution is -0.137. The van der Waals surface area contributed by atoms with Gasteiger partial charge in [0, 0.05) is 31.3 Å². The van der Waals surface area contributed by atoms with Gasteiger partial charge >= 0.3 is 6.18 Å². The van der Waals surface area contributed by atoms with Crippen molar-refractivity contribution in [1.29, 1.82) is 0 Å². The summed E-state index contributed by atoms with van der Waals surface area (Å²) in [5.74, 6) is 0. The maximum atomic E-state index is 12.2. The molecule has 0 amide bonds. The SMILES string of the molecule is COCCNCc1cnc(C(F)(F)F)s1. The quantitative estimate of drug-likeness (QED) is 0.798. The first kappa shape index (κ1) is 12.4. The molecule has 7 heteroatoms. The van der Waals surface area contributed by atoms with Crippen LogP contribution >= 0.6 is 11.3 Å². The molecule has 1 N–H and O–H groups in total. The lowest BCUT2D eigenvalue weighted by atomic mass is 10.5. The highest BCUT2D eigenvalue weighted by Gasteiger charge is 2.34. The number of nitrogens with one attached hydrogen (secondary N) is 1. The lowest BCUT2D eigenvalue weighted by Crippen LogP contribution is -2.17. The van der Waals surface area contributed by atoms with Crippen LogP contribution in [0.25, 0.3) is 0 Å². The molecule has 0 aliphatic carbocycles. The summed E-state index contributed by atoms with van der Waals surface area (Å²) in [6.07, 6.45) is -3.09. The van der Waals surface area contributed by atoms with Gasteiger partial charge < -0.3 is 10.1 Å². The normalized spacial score (nSPS) is 12.0. The van der Waals surface area contributed by atoms with E-state index in [-0.39, 0.29) is 0 Å². The van der Waals surface area contributed by atoms with Gasteiger partial charge in [0.1, 0.15) is 0 Å². The van der Waals surface area contributed by atoms with Crippen molar-refractivity contribution in [1.82, 2.24) is 10.3 Å². The van der Waals surface area contributed by atoms with Crippen LogP contribution in [0, 0.1) is 0 Å². The highest BCUT2D eigenvalue weighted by Crippen LogP contribution is 2.32. The summed E-state index contributed by atoms with van der Waals surface area (Å²) >= 11 is 0.658. The highest BCUT2D eigenvalue weighted by atomic mass is 32.1. The number of rotatable bonds is 5. The van der Waals surface area contributed by atoms with E-state index in [2.05, 4.69) is 10.3 Å². The zero-order valence-corrected chi connectivity index (χ0v) is 8.91. The number of alkyl halides is 3. The van der Waals surface area contributed by atoms with E-state index in [0.29, 0.717) is 35.9 Å². The third-order valence-corrected chi connectivity index (χ3v) is 2.62. The van der Waals surface area contributed by atoms with Crippen LogP contribution in [0.5, 0.6) is 0 Å². The van der Waals surface area contributed by atoms with Gasteiger partial charge in [-0.2, -0.15) is 13.2 Å². The topological polar surface area (TPSA) is 34.1 Å². The number of thiazole rings is 1. The molecule has 0 radical (unpaired) electrons. The third kappa shape index (κ3) is 4.15. The van der Waals surface area contributed by atoms with Gasteiger partial charge in [0.15, 0.2) is 5.01 Å². The smallest absolute Gasteiger partial charge is 0.383 e. The number of halogens is 3. The summed E-state index contributed by atoms with van der Waals surface area (Å²) in [6, 6.07) is 0. The molecule has 3 nitrogen and oxygen atoms in total. The van der Waals surface area contributed by atoms with Crippen molar-refractivity contribution in [2.45, 2.75) is 12.7 Å². The highest BCUT2D eigenvalue weighted by molar-refractivity contribution is 7.11. The van der Waals surface area contributed by atoms with Gasteiger partial charge in [0.05, 0.1) is 6.61 Å². The Morgan fingerprint density at radius 2 is 2.27 bits per heavy atom. The zero-order valence-electron chi connectivity index (χ0n) is 8.10. The second-order valence-corrected chi connectivity index (χ2v) is 3.91. The molecule has 0 aliphatic rings. The molecule has 0 saturated carbocycles. The average Bonchev–Trinajstić information content (AvgIpc) is 2.60. The van der Waals surface area contributed by atoms with Crippen LogP contribution in [0.3, 0.4) is 0 Å². The Kier molecular flexibility index (Phi) is 4.49. The van der Waals surface area contributed by atoms with E-state index in [1.807, 2.05) is 0 Å². The van der Waals surface area contributed by atoms with Crippen molar-refractivity contribution in [2.75, 3.05) is 20.3 Å². The Hall–Kier alpha value is -0.660. The van der Waals surface area contributed by atoms with Gasteiger partial charge in [-0.15, -0.1) is 11.3 Å². The van der Waals surface area contributed by atoms with Gasteiger partial charge in [-0.1, -0.05) is 0 Å². The number of hydrogen-bond donors (Lipinski definition) is 1. The number of nitrogens with zero attached hydrogens (tertiary/aromatic N) is 1. The van der Waals surface area contributed by atoms with Crippen LogP contribution in [0.15, 0.2) is 6.20 Å². The Morgan fingerprint density at radius 3 is 2.80 bits per heavy atom. The van der Waals surface area contributed by atoms with Crippen LogP contribution < -0.4 is 5.32 Å². The van der Waals surface area contributed by atoms with Gasteiger partial charge in [-0.25, -0.2) is 4.98 Å². The molecular formula is C8H11F3N2OS. The lowest BCUT2D eigenvalue weighted by Gasteiger charge is -2.01. The average molecular weight is 240 g/mol.